The molecule has 0 unspecified atom stereocenters. The standard InChI is InChI=1S/C13H14FN3O/c14-11-3-1-2-10(6-11)7-13(18)12-8-17(5-4-15)9-16-12/h1-3,6,8-9H,4-5,7,15H2. The maximum atomic E-state index is 13.0. The predicted molar refractivity (Wildman–Crippen MR) is 65.7 cm³/mol. The zero-order valence-corrected chi connectivity index (χ0v) is 9.84. The van der Waals surface area contributed by atoms with Gasteiger partial charge in [-0.25, -0.2) is 9.37 Å². The Bertz CT molecular complexity index is 551. The van der Waals surface area contributed by atoms with Crippen LogP contribution in [0.25, 0.3) is 0 Å². The van der Waals surface area contributed by atoms with Crippen LogP contribution >= 0.6 is 0 Å². The molecule has 0 aliphatic carbocycles. The summed E-state index contributed by atoms with van der Waals surface area (Å²) < 4.78 is 14.7. The first-order valence-corrected chi connectivity index (χ1v) is 5.68. The smallest absolute Gasteiger partial charge is 0.187 e. The van der Waals surface area contributed by atoms with Crippen molar-refractivity contribution in [3.63, 3.8) is 0 Å². The van der Waals surface area contributed by atoms with E-state index in [0.29, 0.717) is 24.3 Å². The average Bonchev–Trinajstić information content (AvgIpc) is 2.78. The number of halogens is 1. The highest BCUT2D eigenvalue weighted by atomic mass is 19.1. The Morgan fingerprint density at radius 1 is 1.44 bits per heavy atom. The average molecular weight is 247 g/mol. The maximum absolute atomic E-state index is 13.0. The fraction of sp³-hybridized carbons (Fsp3) is 0.231. The number of ketones is 1. The van der Waals surface area contributed by atoms with Gasteiger partial charge in [-0.15, -0.1) is 0 Å². The van der Waals surface area contributed by atoms with Crippen molar-refractivity contribution in [1.29, 1.82) is 0 Å². The van der Waals surface area contributed by atoms with Gasteiger partial charge in [-0.05, 0) is 17.7 Å². The Morgan fingerprint density at radius 3 is 3.00 bits per heavy atom. The summed E-state index contributed by atoms with van der Waals surface area (Å²) in [6.07, 6.45) is 3.39. The number of aromatic nitrogens is 2. The summed E-state index contributed by atoms with van der Waals surface area (Å²) in [5, 5.41) is 0. The molecule has 1 heterocycles. The molecule has 2 N–H and O–H groups in total. The second-order valence-electron chi connectivity index (χ2n) is 4.02. The highest BCUT2D eigenvalue weighted by Crippen LogP contribution is 2.08. The van der Waals surface area contributed by atoms with Crippen LogP contribution in [0.2, 0.25) is 0 Å². The summed E-state index contributed by atoms with van der Waals surface area (Å²) in [5.74, 6) is -0.467. The zero-order valence-electron chi connectivity index (χ0n) is 9.84. The lowest BCUT2D eigenvalue weighted by Gasteiger charge is -1.99. The van der Waals surface area contributed by atoms with E-state index in [9.17, 15) is 9.18 Å². The van der Waals surface area contributed by atoms with Gasteiger partial charge in [0.2, 0.25) is 0 Å². The maximum Gasteiger partial charge on any atom is 0.187 e. The highest BCUT2D eigenvalue weighted by molar-refractivity contribution is 5.95. The van der Waals surface area contributed by atoms with E-state index in [2.05, 4.69) is 4.98 Å². The fourth-order valence-electron chi connectivity index (χ4n) is 1.70. The molecule has 0 atom stereocenters. The van der Waals surface area contributed by atoms with E-state index in [-0.39, 0.29) is 18.0 Å². The number of hydrogen-bond acceptors (Lipinski definition) is 3. The van der Waals surface area contributed by atoms with E-state index in [1.165, 1.54) is 12.1 Å². The molecule has 0 aliphatic rings. The zero-order chi connectivity index (χ0) is 13.0. The lowest BCUT2D eigenvalue weighted by molar-refractivity contribution is 0.0988. The van der Waals surface area contributed by atoms with Crippen molar-refractivity contribution in [2.24, 2.45) is 5.73 Å². The Morgan fingerprint density at radius 2 is 2.28 bits per heavy atom. The van der Waals surface area contributed by atoms with Gasteiger partial charge >= 0.3 is 0 Å². The Kier molecular flexibility index (Phi) is 3.84. The molecule has 2 aromatic rings. The number of nitrogens with two attached hydrogens (primary N) is 1. The van der Waals surface area contributed by atoms with Gasteiger partial charge in [-0.1, -0.05) is 12.1 Å². The van der Waals surface area contributed by atoms with Crippen LogP contribution in [0.3, 0.4) is 0 Å². The molecule has 2 rings (SSSR count). The molecule has 0 spiro atoms. The third kappa shape index (κ3) is 3.01. The largest absolute Gasteiger partial charge is 0.335 e. The van der Waals surface area contributed by atoms with Gasteiger partial charge in [0.25, 0.3) is 0 Å². The van der Waals surface area contributed by atoms with Crippen LogP contribution < -0.4 is 5.73 Å². The van der Waals surface area contributed by atoms with E-state index < -0.39 is 0 Å². The number of nitrogens with zero attached hydrogens (tertiary/aromatic N) is 2. The Balaban J connectivity index is 2.07. The number of rotatable bonds is 5. The first kappa shape index (κ1) is 12.4. The van der Waals surface area contributed by atoms with Crippen LogP contribution in [0, 0.1) is 5.82 Å². The van der Waals surface area contributed by atoms with Crippen molar-refractivity contribution in [3.05, 3.63) is 53.9 Å². The first-order chi connectivity index (χ1) is 8.69. The quantitative estimate of drug-likeness (QED) is 0.812. The number of hydrogen-bond donors (Lipinski definition) is 1. The van der Waals surface area contributed by atoms with Gasteiger partial charge in [0.05, 0.1) is 6.33 Å². The topological polar surface area (TPSA) is 60.9 Å². The van der Waals surface area contributed by atoms with Gasteiger partial charge in [0, 0.05) is 25.7 Å². The molecule has 0 fully saturated rings. The first-order valence-electron chi connectivity index (χ1n) is 5.68. The molecular formula is C13H14FN3O. The summed E-state index contributed by atoms with van der Waals surface area (Å²) in [6, 6.07) is 6.02. The third-order valence-corrected chi connectivity index (χ3v) is 2.56. The molecule has 0 saturated carbocycles. The molecule has 0 radical (unpaired) electrons. The molecule has 94 valence electrons. The summed E-state index contributed by atoms with van der Waals surface area (Å²) in [5.41, 5.74) is 6.44. The monoisotopic (exact) mass is 247 g/mol. The number of imidazole rings is 1. The van der Waals surface area contributed by atoms with Crippen LogP contribution in [-0.4, -0.2) is 21.9 Å². The van der Waals surface area contributed by atoms with Crippen molar-refractivity contribution in [1.82, 2.24) is 9.55 Å². The normalized spacial score (nSPS) is 10.6. The summed E-state index contributed by atoms with van der Waals surface area (Å²) in [6.45, 7) is 1.12. The van der Waals surface area contributed by atoms with E-state index >= 15 is 0 Å². The van der Waals surface area contributed by atoms with Crippen LogP contribution in [0.4, 0.5) is 4.39 Å². The highest BCUT2D eigenvalue weighted by Gasteiger charge is 2.10. The van der Waals surface area contributed by atoms with Gasteiger partial charge in [-0.2, -0.15) is 0 Å². The minimum absolute atomic E-state index is 0.128. The summed E-state index contributed by atoms with van der Waals surface area (Å²) in [7, 11) is 0. The second kappa shape index (κ2) is 5.55. The lowest BCUT2D eigenvalue weighted by Crippen LogP contribution is -2.08. The number of carbonyl (C=O) groups excluding carboxylic acids is 1. The number of benzene rings is 1. The van der Waals surface area contributed by atoms with Crippen molar-refractivity contribution in [2.75, 3.05) is 6.54 Å². The van der Waals surface area contributed by atoms with Crippen molar-refractivity contribution in [3.8, 4) is 0 Å². The Labute approximate surface area is 104 Å². The molecule has 18 heavy (non-hydrogen) atoms. The van der Waals surface area contributed by atoms with Gasteiger partial charge in [-0.3, -0.25) is 4.79 Å². The van der Waals surface area contributed by atoms with E-state index in [1.54, 1.807) is 29.2 Å². The second-order valence-corrected chi connectivity index (χ2v) is 4.02. The third-order valence-electron chi connectivity index (χ3n) is 2.56. The molecular weight excluding hydrogens is 233 g/mol. The van der Waals surface area contributed by atoms with Gasteiger partial charge in [0.15, 0.2) is 5.78 Å². The van der Waals surface area contributed by atoms with Crippen LogP contribution in [0.5, 0.6) is 0 Å². The summed E-state index contributed by atoms with van der Waals surface area (Å²) >= 11 is 0. The lowest BCUT2D eigenvalue weighted by atomic mass is 10.1. The van der Waals surface area contributed by atoms with Crippen molar-refractivity contribution < 1.29 is 9.18 Å². The van der Waals surface area contributed by atoms with Crippen molar-refractivity contribution >= 4 is 5.78 Å². The minimum Gasteiger partial charge on any atom is -0.335 e. The van der Waals surface area contributed by atoms with E-state index in [4.69, 9.17) is 5.73 Å². The Hall–Kier alpha value is -2.01. The number of carbonyl (C=O) groups is 1. The molecule has 0 aliphatic heterocycles. The molecule has 0 amide bonds. The minimum atomic E-state index is -0.339. The molecule has 4 nitrogen and oxygen atoms in total. The van der Waals surface area contributed by atoms with Crippen LogP contribution in [0.15, 0.2) is 36.8 Å². The van der Waals surface area contributed by atoms with E-state index in [1.807, 2.05) is 0 Å². The SMILES string of the molecule is NCCn1cnc(C(=O)Cc2cccc(F)c2)c1. The van der Waals surface area contributed by atoms with Crippen LogP contribution in [0.1, 0.15) is 16.1 Å². The van der Waals surface area contributed by atoms with Gasteiger partial charge < -0.3 is 10.3 Å². The molecule has 0 bridgehead atoms. The molecule has 1 aromatic heterocycles. The van der Waals surface area contributed by atoms with Crippen LogP contribution in [-0.2, 0) is 13.0 Å². The fourth-order valence-corrected chi connectivity index (χ4v) is 1.70. The number of Topliss-reactive ketones (excluding diaryl/α,β-unsaturated/α-hetero) is 1. The van der Waals surface area contributed by atoms with E-state index in [0.717, 1.165) is 0 Å². The molecule has 1 aromatic carbocycles. The molecule has 0 saturated heterocycles. The summed E-state index contributed by atoms with van der Waals surface area (Å²) in [4.78, 5) is 15.9. The molecule has 5 heteroatoms. The van der Waals surface area contributed by atoms with Crippen molar-refractivity contribution in [2.45, 2.75) is 13.0 Å². The van der Waals surface area contributed by atoms with Gasteiger partial charge in [0.1, 0.15) is 11.5 Å². The predicted octanol–water partition coefficient (Wildman–Crippen LogP) is 1.41.